The fraction of sp³-hybridized carbons (Fsp3) is 0.345. The number of methoxy groups -OCH3 is 1. The molecule has 9 heteroatoms. The first-order valence-electron chi connectivity index (χ1n) is 12.7. The molecule has 0 saturated heterocycles. The Morgan fingerprint density at radius 3 is 2.39 bits per heavy atom. The standard InChI is InChI=1S/C29H35N3O6/c1-37-28(34)17-16-27(33)32(36)19-6-2-5-18-30-20-22-12-14-23(15-13-22)21-38-29(35)31-26-11-7-9-24-8-3-4-10-25(24)26/h3-4,7-15,30,36H,2,5-6,16-21H2,1H3,(H,31,35). The van der Waals surface area contributed by atoms with Crippen LogP contribution >= 0.6 is 0 Å². The lowest BCUT2D eigenvalue weighted by molar-refractivity contribution is -0.167. The molecule has 0 aromatic heterocycles. The fourth-order valence-corrected chi connectivity index (χ4v) is 3.87. The number of unbranched alkanes of at least 4 members (excludes halogenated alkanes) is 2. The maximum Gasteiger partial charge on any atom is 0.411 e. The van der Waals surface area contributed by atoms with Crippen molar-refractivity contribution in [3.8, 4) is 0 Å². The molecular formula is C29H35N3O6. The first kappa shape index (κ1) is 28.6. The molecule has 3 aromatic carbocycles. The number of hydrogen-bond donors (Lipinski definition) is 3. The Labute approximate surface area is 222 Å². The van der Waals surface area contributed by atoms with Crippen LogP contribution in [-0.2, 0) is 32.2 Å². The molecule has 0 aliphatic heterocycles. The number of carbonyl (C=O) groups excluding carboxylic acids is 3. The average molecular weight is 522 g/mol. The first-order chi connectivity index (χ1) is 18.5. The van der Waals surface area contributed by atoms with Crippen molar-refractivity contribution in [3.05, 3.63) is 77.9 Å². The minimum absolute atomic E-state index is 0.0362. The summed E-state index contributed by atoms with van der Waals surface area (Å²) in [4.78, 5) is 35.1. The second-order valence-corrected chi connectivity index (χ2v) is 8.87. The van der Waals surface area contributed by atoms with Gasteiger partial charge in [-0.2, -0.15) is 0 Å². The van der Waals surface area contributed by atoms with Gasteiger partial charge in [-0.1, -0.05) is 67.1 Å². The van der Waals surface area contributed by atoms with Crippen LogP contribution in [0.4, 0.5) is 10.5 Å². The van der Waals surface area contributed by atoms with E-state index in [-0.39, 0.29) is 26.0 Å². The monoisotopic (exact) mass is 521 g/mol. The third-order valence-electron chi connectivity index (χ3n) is 6.03. The van der Waals surface area contributed by atoms with Crippen LogP contribution in [0.15, 0.2) is 66.7 Å². The van der Waals surface area contributed by atoms with E-state index in [0.29, 0.717) is 23.7 Å². The van der Waals surface area contributed by atoms with E-state index in [4.69, 9.17) is 4.74 Å². The Kier molecular flexibility index (Phi) is 11.5. The number of hydrogen-bond acceptors (Lipinski definition) is 7. The highest BCUT2D eigenvalue weighted by Crippen LogP contribution is 2.23. The summed E-state index contributed by atoms with van der Waals surface area (Å²) >= 11 is 0. The molecule has 0 heterocycles. The Morgan fingerprint density at radius 2 is 1.61 bits per heavy atom. The van der Waals surface area contributed by atoms with Gasteiger partial charge < -0.3 is 14.8 Å². The van der Waals surface area contributed by atoms with Crippen LogP contribution in [0.25, 0.3) is 10.8 Å². The van der Waals surface area contributed by atoms with E-state index < -0.39 is 18.0 Å². The van der Waals surface area contributed by atoms with Crippen LogP contribution in [0.1, 0.15) is 43.2 Å². The van der Waals surface area contributed by atoms with Crippen molar-refractivity contribution in [2.75, 3.05) is 25.5 Å². The number of nitrogens with one attached hydrogen (secondary N) is 2. The second-order valence-electron chi connectivity index (χ2n) is 8.87. The summed E-state index contributed by atoms with van der Waals surface area (Å²) in [5.74, 6) is -0.950. The summed E-state index contributed by atoms with van der Waals surface area (Å²) < 4.78 is 9.87. The largest absolute Gasteiger partial charge is 0.469 e. The molecule has 0 radical (unpaired) electrons. The van der Waals surface area contributed by atoms with Crippen LogP contribution < -0.4 is 10.6 Å². The van der Waals surface area contributed by atoms with Crippen LogP contribution in [0, 0.1) is 0 Å². The van der Waals surface area contributed by atoms with Crippen molar-refractivity contribution in [1.82, 2.24) is 10.4 Å². The highest BCUT2D eigenvalue weighted by Gasteiger charge is 2.13. The zero-order valence-electron chi connectivity index (χ0n) is 21.7. The van der Waals surface area contributed by atoms with E-state index in [1.165, 1.54) is 7.11 Å². The van der Waals surface area contributed by atoms with Gasteiger partial charge in [-0.05, 0) is 42.0 Å². The maximum absolute atomic E-state index is 12.3. The van der Waals surface area contributed by atoms with Crippen LogP contribution in [0.2, 0.25) is 0 Å². The second kappa shape index (κ2) is 15.3. The SMILES string of the molecule is COC(=O)CCC(=O)N(O)CCCCCNCc1ccc(COC(=O)Nc2cccc3ccccc23)cc1. The number of hydroxylamine groups is 2. The molecule has 9 nitrogen and oxygen atoms in total. The van der Waals surface area contributed by atoms with Crippen LogP contribution in [0.5, 0.6) is 0 Å². The number of ether oxygens (including phenoxy) is 2. The Hall–Kier alpha value is -3.95. The highest BCUT2D eigenvalue weighted by atomic mass is 16.5. The number of esters is 1. The van der Waals surface area contributed by atoms with Gasteiger partial charge in [0.15, 0.2) is 0 Å². The number of amides is 2. The molecule has 202 valence electrons. The molecule has 0 saturated carbocycles. The predicted molar refractivity (Wildman–Crippen MR) is 145 cm³/mol. The minimum Gasteiger partial charge on any atom is -0.469 e. The third-order valence-corrected chi connectivity index (χ3v) is 6.03. The number of anilines is 1. The lowest BCUT2D eigenvalue weighted by atomic mass is 10.1. The number of benzene rings is 3. The summed E-state index contributed by atoms with van der Waals surface area (Å²) in [6.45, 7) is 1.93. The van der Waals surface area contributed by atoms with Gasteiger partial charge in [-0.15, -0.1) is 0 Å². The summed E-state index contributed by atoms with van der Waals surface area (Å²) in [5, 5.41) is 18.6. The zero-order chi connectivity index (χ0) is 27.2. The number of rotatable bonds is 14. The van der Waals surface area contributed by atoms with Gasteiger partial charge in [0.1, 0.15) is 6.61 Å². The molecule has 0 bridgehead atoms. The fourth-order valence-electron chi connectivity index (χ4n) is 3.87. The third kappa shape index (κ3) is 9.49. The van der Waals surface area contributed by atoms with Gasteiger partial charge >= 0.3 is 12.1 Å². The molecule has 0 atom stereocenters. The number of carbonyl (C=O) groups is 3. The summed E-state index contributed by atoms with van der Waals surface area (Å²) in [7, 11) is 1.26. The molecule has 0 spiro atoms. The van der Waals surface area contributed by atoms with Gasteiger partial charge in [0.05, 0.1) is 19.2 Å². The molecule has 0 aliphatic rings. The Morgan fingerprint density at radius 1 is 0.868 bits per heavy atom. The van der Waals surface area contributed by atoms with Gasteiger partial charge in [0.2, 0.25) is 5.91 Å². The van der Waals surface area contributed by atoms with E-state index in [9.17, 15) is 19.6 Å². The number of nitrogens with zero attached hydrogens (tertiary/aromatic N) is 1. The molecule has 38 heavy (non-hydrogen) atoms. The minimum atomic E-state index is -0.498. The maximum atomic E-state index is 12.3. The van der Waals surface area contributed by atoms with Gasteiger partial charge in [-0.3, -0.25) is 20.1 Å². The summed E-state index contributed by atoms with van der Waals surface area (Å²) in [6.07, 6.45) is 1.83. The molecule has 2 amide bonds. The van der Waals surface area contributed by atoms with Crippen molar-refractivity contribution in [2.24, 2.45) is 0 Å². The molecule has 3 N–H and O–H groups in total. The van der Waals surface area contributed by atoms with Gasteiger partial charge in [-0.25, -0.2) is 9.86 Å². The van der Waals surface area contributed by atoms with E-state index in [0.717, 1.165) is 41.3 Å². The smallest absolute Gasteiger partial charge is 0.411 e. The summed E-state index contributed by atoms with van der Waals surface area (Å²) in [6, 6.07) is 21.5. The van der Waals surface area contributed by atoms with Crippen molar-refractivity contribution < 1.29 is 29.1 Å². The Balaban J connectivity index is 1.27. The Bertz CT molecular complexity index is 1190. The normalized spacial score (nSPS) is 10.7. The van der Waals surface area contributed by atoms with Crippen molar-refractivity contribution in [1.29, 1.82) is 0 Å². The summed E-state index contributed by atoms with van der Waals surface area (Å²) in [5.41, 5.74) is 2.73. The van der Waals surface area contributed by atoms with Gasteiger partial charge in [0, 0.05) is 24.9 Å². The molecule has 0 fully saturated rings. The number of fused-ring (bicyclic) bond motifs is 1. The van der Waals surface area contributed by atoms with E-state index in [2.05, 4.69) is 15.4 Å². The van der Waals surface area contributed by atoms with E-state index in [1.54, 1.807) is 0 Å². The lowest BCUT2D eigenvalue weighted by Crippen LogP contribution is -2.29. The van der Waals surface area contributed by atoms with Crippen LogP contribution in [0.3, 0.4) is 0 Å². The molecule has 0 unspecified atom stereocenters. The zero-order valence-corrected chi connectivity index (χ0v) is 21.7. The van der Waals surface area contributed by atoms with Crippen molar-refractivity contribution in [2.45, 2.75) is 45.3 Å². The van der Waals surface area contributed by atoms with Crippen molar-refractivity contribution >= 4 is 34.4 Å². The predicted octanol–water partition coefficient (Wildman–Crippen LogP) is 5.02. The average Bonchev–Trinajstić information content (AvgIpc) is 2.94. The van der Waals surface area contributed by atoms with Crippen LogP contribution in [-0.4, -0.2) is 48.4 Å². The first-order valence-corrected chi connectivity index (χ1v) is 12.7. The molecule has 3 aromatic rings. The molecule has 0 aliphatic carbocycles. The molecule has 3 rings (SSSR count). The van der Waals surface area contributed by atoms with E-state index >= 15 is 0 Å². The highest BCUT2D eigenvalue weighted by molar-refractivity contribution is 6.00. The quantitative estimate of drug-likeness (QED) is 0.118. The van der Waals surface area contributed by atoms with Gasteiger partial charge in [0.25, 0.3) is 0 Å². The molecular weight excluding hydrogens is 486 g/mol. The van der Waals surface area contributed by atoms with E-state index in [1.807, 2.05) is 66.7 Å². The topological polar surface area (TPSA) is 117 Å². The lowest BCUT2D eigenvalue weighted by Gasteiger charge is -2.14. The van der Waals surface area contributed by atoms with Crippen molar-refractivity contribution in [3.63, 3.8) is 0 Å².